The minimum Gasteiger partial charge on any atom is -0.508 e. The number of phenols is 1. The van der Waals surface area contributed by atoms with Crippen LogP contribution in [-0.2, 0) is 9.53 Å². The first-order valence-electron chi connectivity index (χ1n) is 4.58. The Balaban J connectivity index is 2.29. The van der Waals surface area contributed by atoms with Crippen LogP contribution in [-0.4, -0.2) is 28.1 Å². The van der Waals surface area contributed by atoms with Gasteiger partial charge in [-0.25, -0.2) is 0 Å². The van der Waals surface area contributed by atoms with Crippen LogP contribution in [0.4, 0.5) is 0 Å². The quantitative estimate of drug-likeness (QED) is 0.592. The average molecular weight is 235 g/mol. The van der Waals surface area contributed by atoms with Crippen molar-refractivity contribution < 1.29 is 14.6 Å². The van der Waals surface area contributed by atoms with Crippen molar-refractivity contribution in [2.45, 2.75) is 0 Å². The Morgan fingerprint density at radius 3 is 2.50 bits per heavy atom. The van der Waals surface area contributed by atoms with E-state index in [0.29, 0.717) is 0 Å². The molecule has 16 heavy (non-hydrogen) atoms. The van der Waals surface area contributed by atoms with Gasteiger partial charge in [0.1, 0.15) is 5.75 Å². The van der Waals surface area contributed by atoms with E-state index in [0.717, 1.165) is 5.56 Å². The van der Waals surface area contributed by atoms with E-state index in [1.807, 2.05) is 0 Å². The third kappa shape index (κ3) is 1.90. The number of carbonyl (C=O) groups is 1. The molecule has 1 amide bonds. The van der Waals surface area contributed by atoms with Crippen LogP contribution in [0.25, 0.3) is 6.08 Å². The molecule has 0 atom stereocenters. The number of nitrogens with zero attached hydrogens (tertiary/aromatic N) is 1. The number of amides is 1. The lowest BCUT2D eigenvalue weighted by atomic mass is 10.2. The van der Waals surface area contributed by atoms with Crippen molar-refractivity contribution in [2.75, 3.05) is 7.05 Å². The minimum atomic E-state index is -0.266. The molecule has 82 valence electrons. The van der Waals surface area contributed by atoms with E-state index in [4.69, 9.17) is 22.1 Å². The number of ether oxygens (including phenoxy) is 1. The molecule has 4 nitrogen and oxygen atoms in total. The second-order valence-corrected chi connectivity index (χ2v) is 3.68. The average Bonchev–Trinajstić information content (AvgIpc) is 2.50. The normalized spacial score (nSPS) is 18.1. The van der Waals surface area contributed by atoms with Crippen LogP contribution in [0.15, 0.2) is 30.0 Å². The second kappa shape index (κ2) is 3.94. The lowest BCUT2D eigenvalue weighted by Crippen LogP contribution is -2.22. The SMILES string of the molecule is CN1C(=O)C(=Cc2ccc(O)cc2)OC1=S. The monoisotopic (exact) mass is 235 g/mol. The third-order valence-electron chi connectivity index (χ3n) is 2.18. The van der Waals surface area contributed by atoms with Gasteiger partial charge in [-0.1, -0.05) is 12.1 Å². The highest BCUT2D eigenvalue weighted by atomic mass is 32.1. The van der Waals surface area contributed by atoms with Crippen molar-refractivity contribution in [3.63, 3.8) is 0 Å². The Hall–Kier alpha value is -1.88. The zero-order chi connectivity index (χ0) is 11.7. The van der Waals surface area contributed by atoms with Gasteiger partial charge in [-0.3, -0.25) is 9.69 Å². The van der Waals surface area contributed by atoms with Gasteiger partial charge in [-0.2, -0.15) is 0 Å². The maximum absolute atomic E-state index is 11.6. The summed E-state index contributed by atoms with van der Waals surface area (Å²) >= 11 is 4.83. The lowest BCUT2D eigenvalue weighted by Gasteiger charge is -2.00. The van der Waals surface area contributed by atoms with Gasteiger partial charge in [0.05, 0.1) is 0 Å². The van der Waals surface area contributed by atoms with Gasteiger partial charge in [0.15, 0.2) is 5.76 Å². The molecule has 2 rings (SSSR count). The molecule has 1 N–H and O–H groups in total. The van der Waals surface area contributed by atoms with E-state index in [1.54, 1.807) is 25.3 Å². The molecule has 0 aromatic heterocycles. The largest absolute Gasteiger partial charge is 0.508 e. The molecule has 1 aromatic carbocycles. The highest BCUT2D eigenvalue weighted by Crippen LogP contribution is 2.19. The summed E-state index contributed by atoms with van der Waals surface area (Å²) < 4.78 is 5.13. The van der Waals surface area contributed by atoms with Crippen LogP contribution in [0.2, 0.25) is 0 Å². The molecule has 0 radical (unpaired) electrons. The molecule has 0 unspecified atom stereocenters. The first-order valence-corrected chi connectivity index (χ1v) is 4.99. The fourth-order valence-corrected chi connectivity index (χ4v) is 1.44. The zero-order valence-electron chi connectivity index (χ0n) is 8.51. The van der Waals surface area contributed by atoms with E-state index < -0.39 is 0 Å². The number of benzene rings is 1. The predicted molar refractivity (Wildman–Crippen MR) is 62.5 cm³/mol. The minimum absolute atomic E-state index is 0.148. The van der Waals surface area contributed by atoms with Crippen molar-refractivity contribution in [1.29, 1.82) is 0 Å². The molecule has 1 fully saturated rings. The fourth-order valence-electron chi connectivity index (χ4n) is 1.27. The van der Waals surface area contributed by atoms with E-state index in [2.05, 4.69) is 0 Å². The second-order valence-electron chi connectivity index (χ2n) is 3.33. The molecule has 0 saturated carbocycles. The van der Waals surface area contributed by atoms with Crippen LogP contribution < -0.4 is 0 Å². The summed E-state index contributed by atoms with van der Waals surface area (Å²) in [5, 5.41) is 9.25. The molecule has 0 spiro atoms. The Labute approximate surface area is 97.7 Å². The molecule has 1 heterocycles. The Bertz CT molecular complexity index is 479. The molecule has 0 aliphatic carbocycles. The van der Waals surface area contributed by atoms with Crippen molar-refractivity contribution in [2.24, 2.45) is 0 Å². The van der Waals surface area contributed by atoms with Crippen LogP contribution in [0.1, 0.15) is 5.56 Å². The maximum Gasteiger partial charge on any atom is 0.296 e. The smallest absolute Gasteiger partial charge is 0.296 e. The Morgan fingerprint density at radius 2 is 2.00 bits per heavy atom. The Morgan fingerprint density at radius 1 is 1.38 bits per heavy atom. The molecule has 0 bridgehead atoms. The number of carbonyl (C=O) groups excluding carboxylic acids is 1. The highest BCUT2D eigenvalue weighted by Gasteiger charge is 2.29. The number of hydrogen-bond donors (Lipinski definition) is 1. The molecule has 1 aliphatic heterocycles. The summed E-state index contributed by atoms with van der Waals surface area (Å²) in [5.74, 6) is 0.102. The van der Waals surface area contributed by atoms with Crippen molar-refractivity contribution in [1.82, 2.24) is 4.90 Å². The van der Waals surface area contributed by atoms with E-state index in [1.165, 1.54) is 17.0 Å². The number of aromatic hydroxyl groups is 1. The zero-order valence-corrected chi connectivity index (χ0v) is 9.32. The van der Waals surface area contributed by atoms with E-state index in [-0.39, 0.29) is 22.6 Å². The van der Waals surface area contributed by atoms with Crippen LogP contribution >= 0.6 is 12.2 Å². The first kappa shape index (κ1) is 10.6. The predicted octanol–water partition coefficient (Wildman–Crippen LogP) is 1.51. The summed E-state index contributed by atoms with van der Waals surface area (Å²) in [6.07, 6.45) is 1.58. The molecule has 1 aliphatic rings. The van der Waals surface area contributed by atoms with Gasteiger partial charge in [-0.05, 0) is 36.0 Å². The highest BCUT2D eigenvalue weighted by molar-refractivity contribution is 7.80. The maximum atomic E-state index is 11.6. The summed E-state index contributed by atoms with van der Waals surface area (Å²) in [7, 11) is 1.56. The first-order chi connectivity index (χ1) is 7.58. The molecular weight excluding hydrogens is 226 g/mol. The van der Waals surface area contributed by atoms with Gasteiger partial charge in [0.2, 0.25) is 0 Å². The Kier molecular flexibility index (Phi) is 2.62. The molecule has 1 aromatic rings. The lowest BCUT2D eigenvalue weighted by molar-refractivity contribution is -0.122. The molecule has 5 heteroatoms. The summed E-state index contributed by atoms with van der Waals surface area (Å²) in [5.41, 5.74) is 0.763. The third-order valence-corrected chi connectivity index (χ3v) is 2.53. The summed E-state index contributed by atoms with van der Waals surface area (Å²) in [4.78, 5) is 12.8. The van der Waals surface area contributed by atoms with E-state index >= 15 is 0 Å². The van der Waals surface area contributed by atoms with Crippen LogP contribution in [0.5, 0.6) is 5.75 Å². The van der Waals surface area contributed by atoms with Gasteiger partial charge < -0.3 is 9.84 Å². The van der Waals surface area contributed by atoms with Gasteiger partial charge >= 0.3 is 0 Å². The summed E-state index contributed by atoms with van der Waals surface area (Å²) in [6, 6.07) is 6.43. The topological polar surface area (TPSA) is 49.8 Å². The summed E-state index contributed by atoms with van der Waals surface area (Å²) in [6.45, 7) is 0. The van der Waals surface area contributed by atoms with Crippen molar-refractivity contribution >= 4 is 29.4 Å². The molecule has 1 saturated heterocycles. The fraction of sp³-hybridized carbons (Fsp3) is 0.0909. The molecular formula is C11H9NO3S. The number of phenolic OH excluding ortho intramolecular Hbond substituents is 1. The van der Waals surface area contributed by atoms with Gasteiger partial charge in [0, 0.05) is 7.05 Å². The number of rotatable bonds is 1. The van der Waals surface area contributed by atoms with Crippen molar-refractivity contribution in [3.05, 3.63) is 35.6 Å². The van der Waals surface area contributed by atoms with Gasteiger partial charge in [-0.15, -0.1) is 0 Å². The van der Waals surface area contributed by atoms with Crippen LogP contribution in [0.3, 0.4) is 0 Å². The number of likely N-dealkylation sites (N-methyl/N-ethyl adjacent to an activating group) is 1. The number of thiocarbonyl (C=S) groups is 1. The standard InChI is InChI=1S/C11H9NO3S/c1-12-10(14)9(15-11(12)16)6-7-2-4-8(13)5-3-7/h2-6,13H,1H3. The van der Waals surface area contributed by atoms with Gasteiger partial charge in [0.25, 0.3) is 11.1 Å². The van der Waals surface area contributed by atoms with E-state index in [9.17, 15) is 4.79 Å². The number of hydrogen-bond acceptors (Lipinski definition) is 4. The van der Waals surface area contributed by atoms with Crippen LogP contribution in [0, 0.1) is 0 Å². The van der Waals surface area contributed by atoms with Crippen molar-refractivity contribution in [3.8, 4) is 5.75 Å².